The molecule has 0 saturated carbocycles. The van der Waals surface area contributed by atoms with Crippen LogP contribution in [0.15, 0.2) is 17.5 Å². The molecule has 3 atom stereocenters. The first-order valence-corrected chi connectivity index (χ1v) is 8.70. The smallest absolute Gasteiger partial charge is 0.241 e. The molecular formula is C16H24N2O2S. The number of nitrogens with zero attached hydrogens (tertiary/aromatic N) is 1. The van der Waals surface area contributed by atoms with E-state index in [4.69, 9.17) is 4.74 Å². The molecule has 5 heteroatoms. The number of amides is 1. The van der Waals surface area contributed by atoms with Gasteiger partial charge in [-0.25, -0.2) is 0 Å². The molecule has 2 aliphatic rings. The SMILES string of the molecule is CC(C)CC1NC(c2cccs2)N(CC2CCOC2)C1=O. The highest BCUT2D eigenvalue weighted by molar-refractivity contribution is 7.10. The second-order valence-electron chi connectivity index (χ2n) is 6.49. The molecule has 116 valence electrons. The third-order valence-corrected chi connectivity index (χ3v) is 5.18. The van der Waals surface area contributed by atoms with Crippen LogP contribution in [-0.4, -0.2) is 36.6 Å². The third kappa shape index (κ3) is 3.30. The second-order valence-corrected chi connectivity index (χ2v) is 7.47. The molecule has 3 unspecified atom stereocenters. The number of carbonyl (C=O) groups excluding carboxylic acids is 1. The van der Waals surface area contributed by atoms with Gasteiger partial charge in [-0.15, -0.1) is 11.3 Å². The molecule has 3 rings (SSSR count). The minimum absolute atomic E-state index is 0.0422. The Hall–Kier alpha value is -0.910. The minimum Gasteiger partial charge on any atom is -0.381 e. The molecular weight excluding hydrogens is 284 g/mol. The van der Waals surface area contributed by atoms with Crippen molar-refractivity contribution in [1.29, 1.82) is 0 Å². The van der Waals surface area contributed by atoms with Crippen LogP contribution in [0, 0.1) is 11.8 Å². The van der Waals surface area contributed by atoms with Crippen LogP contribution in [-0.2, 0) is 9.53 Å². The quantitative estimate of drug-likeness (QED) is 0.909. The summed E-state index contributed by atoms with van der Waals surface area (Å²) in [6.45, 7) is 6.77. The van der Waals surface area contributed by atoms with E-state index in [9.17, 15) is 4.79 Å². The molecule has 0 bridgehead atoms. The van der Waals surface area contributed by atoms with Crippen molar-refractivity contribution in [1.82, 2.24) is 10.2 Å². The van der Waals surface area contributed by atoms with Crippen molar-refractivity contribution in [3.8, 4) is 0 Å². The summed E-state index contributed by atoms with van der Waals surface area (Å²) >= 11 is 1.72. The summed E-state index contributed by atoms with van der Waals surface area (Å²) in [5.41, 5.74) is 0. The van der Waals surface area contributed by atoms with E-state index in [0.29, 0.717) is 11.8 Å². The molecule has 1 aromatic rings. The monoisotopic (exact) mass is 308 g/mol. The van der Waals surface area contributed by atoms with Crippen molar-refractivity contribution in [2.75, 3.05) is 19.8 Å². The molecule has 2 saturated heterocycles. The molecule has 1 N–H and O–H groups in total. The van der Waals surface area contributed by atoms with Gasteiger partial charge in [-0.2, -0.15) is 0 Å². The van der Waals surface area contributed by atoms with Gasteiger partial charge in [0, 0.05) is 23.9 Å². The van der Waals surface area contributed by atoms with Crippen molar-refractivity contribution in [2.24, 2.45) is 11.8 Å². The average Bonchev–Trinajstić information content (AvgIpc) is 3.15. The molecule has 4 nitrogen and oxygen atoms in total. The van der Waals surface area contributed by atoms with Crippen molar-refractivity contribution in [3.63, 3.8) is 0 Å². The molecule has 21 heavy (non-hydrogen) atoms. The van der Waals surface area contributed by atoms with Crippen LogP contribution in [0.4, 0.5) is 0 Å². The molecule has 1 aromatic heterocycles. The zero-order valence-corrected chi connectivity index (χ0v) is 13.6. The second kappa shape index (κ2) is 6.46. The number of hydrogen-bond acceptors (Lipinski definition) is 4. The Morgan fingerprint density at radius 3 is 3.00 bits per heavy atom. The summed E-state index contributed by atoms with van der Waals surface area (Å²) in [5.74, 6) is 1.26. The number of rotatable bonds is 5. The molecule has 2 aliphatic heterocycles. The molecule has 0 radical (unpaired) electrons. The Morgan fingerprint density at radius 1 is 1.52 bits per heavy atom. The summed E-state index contributed by atoms with van der Waals surface area (Å²) in [7, 11) is 0. The molecule has 1 amide bonds. The minimum atomic E-state index is -0.0422. The summed E-state index contributed by atoms with van der Waals surface area (Å²) in [6, 6.07) is 4.13. The van der Waals surface area contributed by atoms with E-state index in [2.05, 4.69) is 36.7 Å². The number of carbonyl (C=O) groups is 1. The van der Waals surface area contributed by atoms with Crippen LogP contribution < -0.4 is 5.32 Å². The lowest BCUT2D eigenvalue weighted by Gasteiger charge is -2.25. The molecule has 0 aliphatic carbocycles. The van der Waals surface area contributed by atoms with Crippen molar-refractivity contribution in [3.05, 3.63) is 22.4 Å². The number of hydrogen-bond donors (Lipinski definition) is 1. The van der Waals surface area contributed by atoms with Gasteiger partial charge in [-0.1, -0.05) is 19.9 Å². The summed E-state index contributed by atoms with van der Waals surface area (Å²) in [4.78, 5) is 16.0. The van der Waals surface area contributed by atoms with Crippen molar-refractivity contribution in [2.45, 2.75) is 38.9 Å². The highest BCUT2D eigenvalue weighted by Crippen LogP contribution is 2.32. The van der Waals surface area contributed by atoms with Gasteiger partial charge < -0.3 is 9.64 Å². The number of thiophene rings is 1. The maximum Gasteiger partial charge on any atom is 0.241 e. The van der Waals surface area contributed by atoms with Gasteiger partial charge in [0.25, 0.3) is 0 Å². The van der Waals surface area contributed by atoms with Gasteiger partial charge in [0.05, 0.1) is 12.6 Å². The number of nitrogens with one attached hydrogen (secondary N) is 1. The van der Waals surface area contributed by atoms with Crippen molar-refractivity contribution < 1.29 is 9.53 Å². The standard InChI is InChI=1S/C16H24N2O2S/c1-11(2)8-13-16(19)18(9-12-5-6-20-10-12)15(17-13)14-4-3-7-21-14/h3-4,7,11-13,15,17H,5-6,8-10H2,1-2H3. The zero-order valence-electron chi connectivity index (χ0n) is 12.7. The molecule has 0 aromatic carbocycles. The average molecular weight is 308 g/mol. The van der Waals surface area contributed by atoms with Crippen LogP contribution in [0.1, 0.15) is 37.7 Å². The lowest BCUT2D eigenvalue weighted by atomic mass is 10.0. The summed E-state index contributed by atoms with van der Waals surface area (Å²) in [5, 5.41) is 5.62. The number of ether oxygens (including phenoxy) is 1. The van der Waals surface area contributed by atoms with Gasteiger partial charge in [-0.05, 0) is 30.2 Å². The summed E-state index contributed by atoms with van der Waals surface area (Å²) in [6.07, 6.45) is 2.01. The Kier molecular flexibility index (Phi) is 4.62. The highest BCUT2D eigenvalue weighted by Gasteiger charge is 2.41. The Bertz CT molecular complexity index is 469. The maximum atomic E-state index is 12.8. The fourth-order valence-corrected chi connectivity index (χ4v) is 4.00. The molecule has 2 fully saturated rings. The first-order chi connectivity index (χ1) is 10.1. The van der Waals surface area contributed by atoms with Crippen LogP contribution in [0.5, 0.6) is 0 Å². The third-order valence-electron chi connectivity index (χ3n) is 4.25. The molecule has 3 heterocycles. The van der Waals surface area contributed by atoms with Crippen LogP contribution in [0.2, 0.25) is 0 Å². The van der Waals surface area contributed by atoms with Gasteiger partial charge in [0.2, 0.25) is 5.91 Å². The highest BCUT2D eigenvalue weighted by atomic mass is 32.1. The van der Waals surface area contributed by atoms with Crippen LogP contribution >= 0.6 is 11.3 Å². The van der Waals surface area contributed by atoms with Gasteiger partial charge in [0.15, 0.2) is 0 Å². The van der Waals surface area contributed by atoms with E-state index in [-0.39, 0.29) is 18.1 Å². The summed E-state index contributed by atoms with van der Waals surface area (Å²) < 4.78 is 5.46. The Labute approximate surface area is 130 Å². The van der Waals surface area contributed by atoms with E-state index >= 15 is 0 Å². The predicted octanol–water partition coefficient (Wildman–Crippen LogP) is 2.63. The fraction of sp³-hybridized carbons (Fsp3) is 0.688. The van der Waals surface area contributed by atoms with Crippen LogP contribution in [0.25, 0.3) is 0 Å². The lowest BCUT2D eigenvalue weighted by molar-refractivity contribution is -0.131. The first kappa shape index (κ1) is 15.0. The lowest BCUT2D eigenvalue weighted by Crippen LogP contribution is -2.35. The predicted molar refractivity (Wildman–Crippen MR) is 84.1 cm³/mol. The molecule has 0 spiro atoms. The van der Waals surface area contributed by atoms with Gasteiger partial charge in [-0.3, -0.25) is 10.1 Å². The zero-order chi connectivity index (χ0) is 14.8. The van der Waals surface area contributed by atoms with E-state index in [0.717, 1.165) is 32.6 Å². The normalized spacial score (nSPS) is 29.8. The first-order valence-electron chi connectivity index (χ1n) is 7.83. The van der Waals surface area contributed by atoms with E-state index in [1.165, 1.54) is 4.88 Å². The Morgan fingerprint density at radius 2 is 2.38 bits per heavy atom. The fourth-order valence-electron chi connectivity index (χ4n) is 3.20. The largest absolute Gasteiger partial charge is 0.381 e. The van der Waals surface area contributed by atoms with Crippen LogP contribution in [0.3, 0.4) is 0 Å². The maximum absolute atomic E-state index is 12.8. The van der Waals surface area contributed by atoms with E-state index in [1.54, 1.807) is 11.3 Å². The topological polar surface area (TPSA) is 41.6 Å². The van der Waals surface area contributed by atoms with Gasteiger partial charge >= 0.3 is 0 Å². The van der Waals surface area contributed by atoms with E-state index in [1.807, 2.05) is 4.90 Å². The Balaban J connectivity index is 1.76. The van der Waals surface area contributed by atoms with E-state index < -0.39 is 0 Å². The van der Waals surface area contributed by atoms with Gasteiger partial charge in [0.1, 0.15) is 6.17 Å². The van der Waals surface area contributed by atoms with Crippen molar-refractivity contribution >= 4 is 17.2 Å².